The highest BCUT2D eigenvalue weighted by molar-refractivity contribution is 7.21. The van der Waals surface area contributed by atoms with Crippen molar-refractivity contribution in [3.8, 4) is 10.6 Å². The monoisotopic (exact) mass is 507 g/mol. The summed E-state index contributed by atoms with van der Waals surface area (Å²) in [6.07, 6.45) is -3.97. The predicted molar refractivity (Wildman–Crippen MR) is 125 cm³/mol. The first-order chi connectivity index (χ1) is 16.5. The zero-order chi connectivity index (χ0) is 25.0. The molecule has 12 heteroatoms. The largest absolute Gasteiger partial charge is 0.405 e. The van der Waals surface area contributed by atoms with Crippen LogP contribution in [0.2, 0.25) is 0 Å². The van der Waals surface area contributed by atoms with Crippen LogP contribution < -0.4 is 10.6 Å². The number of para-hydroxylation sites is 1. The van der Waals surface area contributed by atoms with Crippen LogP contribution in [0.4, 0.5) is 24.9 Å². The Morgan fingerprint density at radius 3 is 2.63 bits per heavy atom. The summed E-state index contributed by atoms with van der Waals surface area (Å²) < 4.78 is 51.5. The van der Waals surface area contributed by atoms with Crippen LogP contribution in [-0.4, -0.2) is 58.0 Å². The Morgan fingerprint density at radius 2 is 1.91 bits per heavy atom. The molecule has 0 bridgehead atoms. The minimum absolute atomic E-state index is 0.155. The number of ether oxygens (including phenoxy) is 2. The van der Waals surface area contributed by atoms with Crippen LogP contribution in [0.3, 0.4) is 0 Å². The average molecular weight is 508 g/mol. The van der Waals surface area contributed by atoms with Gasteiger partial charge in [-0.15, -0.1) is 11.3 Å². The fourth-order valence-corrected chi connectivity index (χ4v) is 5.71. The van der Waals surface area contributed by atoms with E-state index in [4.69, 9.17) is 14.5 Å². The van der Waals surface area contributed by atoms with Gasteiger partial charge in [-0.25, -0.2) is 9.97 Å². The van der Waals surface area contributed by atoms with Crippen molar-refractivity contribution in [1.82, 2.24) is 15.0 Å². The Labute approximate surface area is 203 Å². The van der Waals surface area contributed by atoms with Gasteiger partial charge in [0, 0.05) is 5.92 Å². The molecular formula is C23H24F3N5O3S. The van der Waals surface area contributed by atoms with Crippen LogP contribution >= 0.6 is 11.3 Å². The number of carbonyl (C=O) groups excluding carboxylic acids is 1. The summed E-state index contributed by atoms with van der Waals surface area (Å²) in [7, 11) is 0. The Kier molecular flexibility index (Phi) is 5.93. The standard InChI is InChI=1S/C23H24F3N5O3S/c1-11-16(20-30-13-6-4-5-7-15(13)35-20)19(31-21(28-11)27-10-23(24,25)26)29-14-8-12(9-32)17-18(14)34-22(2,3)33-17/h4-7,9,12,14,17-18H,8,10H2,1-3H3,(H2,27,28,29,31). The van der Waals surface area contributed by atoms with Gasteiger partial charge in [0.25, 0.3) is 0 Å². The van der Waals surface area contributed by atoms with Crippen LogP contribution in [0.1, 0.15) is 26.0 Å². The first-order valence-corrected chi connectivity index (χ1v) is 12.0. The van der Waals surface area contributed by atoms with Crippen molar-refractivity contribution in [2.24, 2.45) is 5.92 Å². The molecule has 1 aliphatic carbocycles. The van der Waals surface area contributed by atoms with E-state index in [2.05, 4.69) is 20.6 Å². The Hall–Kier alpha value is -2.83. The van der Waals surface area contributed by atoms with Crippen molar-refractivity contribution in [2.45, 2.75) is 57.4 Å². The molecule has 0 radical (unpaired) electrons. The normalized spacial score (nSPS) is 25.5. The number of rotatable bonds is 6. The molecule has 186 valence electrons. The summed E-state index contributed by atoms with van der Waals surface area (Å²) in [6.45, 7) is 4.01. The number of aldehydes is 1. The molecule has 2 N–H and O–H groups in total. The van der Waals surface area contributed by atoms with Gasteiger partial charge in [-0.3, -0.25) is 0 Å². The van der Waals surface area contributed by atoms with Crippen molar-refractivity contribution in [3.63, 3.8) is 0 Å². The highest BCUT2D eigenvalue weighted by Gasteiger charge is 2.54. The third-order valence-corrected chi connectivity index (χ3v) is 7.10. The van der Waals surface area contributed by atoms with E-state index in [0.717, 1.165) is 16.5 Å². The summed E-state index contributed by atoms with van der Waals surface area (Å²) in [5.74, 6) is -1.06. The molecule has 8 nitrogen and oxygen atoms in total. The Morgan fingerprint density at radius 1 is 1.17 bits per heavy atom. The van der Waals surface area contributed by atoms with E-state index in [-0.39, 0.29) is 17.9 Å². The topological polar surface area (TPSA) is 98.3 Å². The number of aryl methyl sites for hydroxylation is 1. The molecule has 1 saturated carbocycles. The van der Waals surface area contributed by atoms with Crippen molar-refractivity contribution < 1.29 is 27.4 Å². The van der Waals surface area contributed by atoms with Crippen LogP contribution in [-0.2, 0) is 14.3 Å². The number of aromatic nitrogens is 3. The van der Waals surface area contributed by atoms with Gasteiger partial charge in [-0.1, -0.05) is 12.1 Å². The number of benzene rings is 1. The fraction of sp³-hybridized carbons (Fsp3) is 0.478. The van der Waals surface area contributed by atoms with Gasteiger partial charge < -0.3 is 24.9 Å². The van der Waals surface area contributed by atoms with Crippen LogP contribution in [0.25, 0.3) is 20.8 Å². The number of nitrogens with one attached hydrogen (secondary N) is 2. The maximum atomic E-state index is 12.8. The molecular weight excluding hydrogens is 483 g/mol. The number of alkyl halides is 3. The number of carbonyl (C=O) groups is 1. The molecule has 35 heavy (non-hydrogen) atoms. The molecule has 0 spiro atoms. The van der Waals surface area contributed by atoms with Crippen molar-refractivity contribution in [1.29, 1.82) is 0 Å². The molecule has 1 aliphatic heterocycles. The number of hydrogen-bond acceptors (Lipinski definition) is 9. The van der Waals surface area contributed by atoms with Gasteiger partial charge in [0.15, 0.2) is 5.79 Å². The summed E-state index contributed by atoms with van der Waals surface area (Å²) in [5, 5.41) is 6.23. The third kappa shape index (κ3) is 4.82. The second-order valence-corrected chi connectivity index (χ2v) is 10.2. The molecule has 3 aromatic rings. The van der Waals surface area contributed by atoms with Crippen molar-refractivity contribution >= 4 is 39.6 Å². The van der Waals surface area contributed by atoms with Crippen LogP contribution in [0, 0.1) is 12.8 Å². The summed E-state index contributed by atoms with van der Waals surface area (Å²) in [6, 6.07) is 7.28. The second kappa shape index (κ2) is 8.68. The summed E-state index contributed by atoms with van der Waals surface area (Å²) in [5.41, 5.74) is 1.86. The summed E-state index contributed by atoms with van der Waals surface area (Å²) in [4.78, 5) is 25.1. The van der Waals surface area contributed by atoms with Crippen LogP contribution in [0.15, 0.2) is 24.3 Å². The van der Waals surface area contributed by atoms with Crippen molar-refractivity contribution in [3.05, 3.63) is 30.0 Å². The number of anilines is 2. The maximum absolute atomic E-state index is 12.8. The van der Waals surface area contributed by atoms with E-state index in [9.17, 15) is 18.0 Å². The Balaban J connectivity index is 1.54. The van der Waals surface area contributed by atoms with E-state index < -0.39 is 30.7 Å². The Bertz CT molecular complexity index is 1230. The molecule has 4 atom stereocenters. The molecule has 5 rings (SSSR count). The second-order valence-electron chi connectivity index (χ2n) is 9.16. The van der Waals surface area contributed by atoms with E-state index in [0.29, 0.717) is 28.5 Å². The lowest BCUT2D eigenvalue weighted by atomic mass is 10.1. The third-order valence-electron chi connectivity index (χ3n) is 6.05. The molecule has 1 saturated heterocycles. The van der Waals surface area contributed by atoms with E-state index >= 15 is 0 Å². The van der Waals surface area contributed by atoms with Gasteiger partial charge in [0.1, 0.15) is 29.8 Å². The smallest absolute Gasteiger partial charge is 0.364 e. The first-order valence-electron chi connectivity index (χ1n) is 11.2. The lowest BCUT2D eigenvalue weighted by Gasteiger charge is -2.24. The van der Waals surface area contributed by atoms with E-state index in [1.165, 1.54) is 11.3 Å². The molecule has 1 aromatic carbocycles. The number of fused-ring (bicyclic) bond motifs is 2. The maximum Gasteiger partial charge on any atom is 0.405 e. The first kappa shape index (κ1) is 23.9. The number of nitrogens with zero attached hydrogens (tertiary/aromatic N) is 3. The van der Waals surface area contributed by atoms with Gasteiger partial charge in [0.05, 0.1) is 33.6 Å². The van der Waals surface area contributed by atoms with Gasteiger partial charge in [0.2, 0.25) is 5.95 Å². The lowest BCUT2D eigenvalue weighted by molar-refractivity contribution is -0.157. The van der Waals surface area contributed by atoms with Gasteiger partial charge in [-0.05, 0) is 39.3 Å². The highest BCUT2D eigenvalue weighted by Crippen LogP contribution is 2.43. The zero-order valence-electron chi connectivity index (χ0n) is 19.2. The lowest BCUT2D eigenvalue weighted by Crippen LogP contribution is -2.35. The molecule has 2 aliphatic rings. The molecule has 2 aromatic heterocycles. The fourth-order valence-electron chi connectivity index (χ4n) is 4.64. The molecule has 4 unspecified atom stereocenters. The zero-order valence-corrected chi connectivity index (χ0v) is 20.0. The average Bonchev–Trinajstić information content (AvgIpc) is 3.42. The number of thiazole rings is 1. The van der Waals surface area contributed by atoms with E-state index in [1.807, 2.05) is 24.3 Å². The van der Waals surface area contributed by atoms with E-state index in [1.54, 1.807) is 20.8 Å². The molecule has 2 fully saturated rings. The molecule has 0 amide bonds. The predicted octanol–water partition coefficient (Wildman–Crippen LogP) is 4.56. The van der Waals surface area contributed by atoms with Crippen LogP contribution in [0.5, 0.6) is 0 Å². The van der Waals surface area contributed by atoms with Crippen molar-refractivity contribution in [2.75, 3.05) is 17.2 Å². The van der Waals surface area contributed by atoms with Gasteiger partial charge in [-0.2, -0.15) is 18.2 Å². The number of halogens is 3. The number of hydrogen-bond donors (Lipinski definition) is 2. The quantitative estimate of drug-likeness (QED) is 0.469. The van der Waals surface area contributed by atoms with Gasteiger partial charge >= 0.3 is 6.18 Å². The summed E-state index contributed by atoms with van der Waals surface area (Å²) >= 11 is 1.44. The minimum atomic E-state index is -4.42. The minimum Gasteiger partial charge on any atom is -0.364 e. The highest BCUT2D eigenvalue weighted by atomic mass is 32.1. The molecule has 3 heterocycles. The SMILES string of the molecule is Cc1nc(NCC(F)(F)F)nc(NC2CC(C=O)C3OC(C)(C)OC23)c1-c1nc2ccccc2s1.